The molecule has 0 spiro atoms. The van der Waals surface area contributed by atoms with Crippen LogP contribution in [0.25, 0.3) is 0 Å². The average molecular weight is 216 g/mol. The van der Waals surface area contributed by atoms with E-state index in [9.17, 15) is 0 Å². The van der Waals surface area contributed by atoms with E-state index >= 15 is 0 Å². The third-order valence-corrected chi connectivity index (χ3v) is 2.28. The Hall–Kier alpha value is -1.01. The second-order valence-corrected chi connectivity index (χ2v) is 3.31. The lowest BCUT2D eigenvalue weighted by molar-refractivity contribution is 0.637. The molecule has 0 atom stereocenters. The van der Waals surface area contributed by atoms with E-state index in [4.69, 9.17) is 11.6 Å². The molecule has 0 aliphatic carbocycles. The Balaban J connectivity index is 2.10. The SMILES string of the molecule is ClCc1cn(Cc2csnn2)nn1. The van der Waals surface area contributed by atoms with Gasteiger partial charge in [-0.15, -0.1) is 21.8 Å². The van der Waals surface area contributed by atoms with Gasteiger partial charge in [0, 0.05) is 5.38 Å². The van der Waals surface area contributed by atoms with Crippen molar-refractivity contribution in [1.82, 2.24) is 24.6 Å². The molecule has 2 rings (SSSR count). The summed E-state index contributed by atoms with van der Waals surface area (Å²) >= 11 is 6.90. The number of alkyl halides is 1. The van der Waals surface area contributed by atoms with Crippen LogP contribution in [0.3, 0.4) is 0 Å². The molecule has 13 heavy (non-hydrogen) atoms. The first-order valence-corrected chi connectivity index (χ1v) is 4.96. The molecule has 68 valence electrons. The molecular weight excluding hydrogens is 210 g/mol. The standard InChI is InChI=1S/C6H6ClN5S/c7-1-5-2-12(10-8-5)3-6-4-13-11-9-6/h2,4H,1,3H2. The third kappa shape index (κ3) is 2.02. The van der Waals surface area contributed by atoms with Crippen molar-refractivity contribution in [1.29, 1.82) is 0 Å². The van der Waals surface area contributed by atoms with Gasteiger partial charge in [-0.3, -0.25) is 0 Å². The molecule has 7 heteroatoms. The van der Waals surface area contributed by atoms with E-state index in [2.05, 4.69) is 19.9 Å². The van der Waals surface area contributed by atoms with Crippen LogP contribution < -0.4 is 0 Å². The number of aromatic nitrogens is 5. The Morgan fingerprint density at radius 2 is 2.31 bits per heavy atom. The topological polar surface area (TPSA) is 56.5 Å². The highest BCUT2D eigenvalue weighted by atomic mass is 35.5. The zero-order valence-corrected chi connectivity index (χ0v) is 8.16. The lowest BCUT2D eigenvalue weighted by atomic mass is 10.5. The van der Waals surface area contributed by atoms with Gasteiger partial charge in [0.1, 0.15) is 0 Å². The molecule has 5 nitrogen and oxygen atoms in total. The summed E-state index contributed by atoms with van der Waals surface area (Å²) in [6.07, 6.45) is 1.80. The van der Waals surface area contributed by atoms with Crippen LogP contribution in [0.15, 0.2) is 11.6 Å². The first-order chi connectivity index (χ1) is 6.38. The summed E-state index contributed by atoms with van der Waals surface area (Å²) in [7, 11) is 0. The molecule has 0 aliphatic heterocycles. The van der Waals surface area contributed by atoms with Crippen molar-refractivity contribution in [2.75, 3.05) is 0 Å². The van der Waals surface area contributed by atoms with E-state index in [1.54, 1.807) is 10.9 Å². The average Bonchev–Trinajstić information content (AvgIpc) is 2.76. The molecule has 2 aromatic rings. The smallest absolute Gasteiger partial charge is 0.0974 e. The van der Waals surface area contributed by atoms with Gasteiger partial charge in [-0.2, -0.15) is 0 Å². The van der Waals surface area contributed by atoms with Crippen LogP contribution in [0.1, 0.15) is 11.4 Å². The molecular formula is C6H6ClN5S. The van der Waals surface area contributed by atoms with Gasteiger partial charge >= 0.3 is 0 Å². The second-order valence-electron chi connectivity index (χ2n) is 2.44. The van der Waals surface area contributed by atoms with Crippen LogP contribution in [0, 0.1) is 0 Å². The molecule has 0 unspecified atom stereocenters. The van der Waals surface area contributed by atoms with Crippen LogP contribution in [0.2, 0.25) is 0 Å². The number of hydrogen-bond acceptors (Lipinski definition) is 5. The van der Waals surface area contributed by atoms with Crippen LogP contribution >= 0.6 is 23.1 Å². The molecule has 0 bridgehead atoms. The molecule has 0 aromatic carbocycles. The summed E-state index contributed by atoms with van der Waals surface area (Å²) in [6, 6.07) is 0. The lowest BCUT2D eigenvalue weighted by Crippen LogP contribution is -2.00. The van der Waals surface area contributed by atoms with Crippen molar-refractivity contribution in [2.24, 2.45) is 0 Å². The Labute approximate surface area is 83.5 Å². The van der Waals surface area contributed by atoms with E-state index in [-0.39, 0.29) is 0 Å². The van der Waals surface area contributed by atoms with Crippen molar-refractivity contribution in [3.8, 4) is 0 Å². The Kier molecular flexibility index (Phi) is 2.51. The number of nitrogens with zero attached hydrogens (tertiary/aromatic N) is 5. The van der Waals surface area contributed by atoms with Crippen LogP contribution in [0.5, 0.6) is 0 Å². The molecule has 2 heterocycles. The molecule has 0 fully saturated rings. The fraction of sp³-hybridized carbons (Fsp3) is 0.333. The van der Waals surface area contributed by atoms with Crippen LogP contribution in [-0.2, 0) is 12.4 Å². The van der Waals surface area contributed by atoms with Gasteiger partial charge in [-0.05, 0) is 11.5 Å². The maximum absolute atomic E-state index is 5.58. The highest BCUT2D eigenvalue weighted by Crippen LogP contribution is 2.02. The first kappa shape index (κ1) is 8.58. The summed E-state index contributed by atoms with van der Waals surface area (Å²) in [5, 5.41) is 13.5. The second kappa shape index (κ2) is 3.80. The van der Waals surface area contributed by atoms with Crippen LogP contribution in [0.4, 0.5) is 0 Å². The summed E-state index contributed by atoms with van der Waals surface area (Å²) in [5.41, 5.74) is 1.65. The molecule has 0 amide bonds. The first-order valence-electron chi connectivity index (χ1n) is 3.59. The van der Waals surface area contributed by atoms with Crippen molar-refractivity contribution < 1.29 is 0 Å². The molecule has 0 N–H and O–H groups in total. The van der Waals surface area contributed by atoms with Gasteiger partial charge in [-0.25, -0.2) is 4.68 Å². The summed E-state index contributed by atoms with van der Waals surface area (Å²) in [4.78, 5) is 0. The fourth-order valence-electron chi connectivity index (χ4n) is 0.896. The Bertz CT molecular complexity index is 370. The third-order valence-electron chi connectivity index (χ3n) is 1.45. The maximum Gasteiger partial charge on any atom is 0.0974 e. The van der Waals surface area contributed by atoms with Gasteiger partial charge in [-0.1, -0.05) is 9.70 Å². The minimum absolute atomic E-state index is 0.384. The Morgan fingerprint density at radius 1 is 1.38 bits per heavy atom. The highest BCUT2D eigenvalue weighted by molar-refractivity contribution is 7.03. The largest absolute Gasteiger partial charge is 0.246 e. The zero-order valence-electron chi connectivity index (χ0n) is 6.59. The molecule has 0 saturated heterocycles. The zero-order chi connectivity index (χ0) is 9.10. The van der Waals surface area contributed by atoms with Crippen LogP contribution in [-0.4, -0.2) is 24.6 Å². The summed E-state index contributed by atoms with van der Waals surface area (Å²) in [5.74, 6) is 0.384. The van der Waals surface area contributed by atoms with E-state index in [1.165, 1.54) is 11.5 Å². The van der Waals surface area contributed by atoms with Crippen molar-refractivity contribution >= 4 is 23.1 Å². The van der Waals surface area contributed by atoms with Crippen molar-refractivity contribution in [3.05, 3.63) is 23.0 Å². The minimum atomic E-state index is 0.384. The van der Waals surface area contributed by atoms with Crippen molar-refractivity contribution in [2.45, 2.75) is 12.4 Å². The number of hydrogen-bond donors (Lipinski definition) is 0. The van der Waals surface area contributed by atoms with Crippen molar-refractivity contribution in [3.63, 3.8) is 0 Å². The van der Waals surface area contributed by atoms with Gasteiger partial charge in [0.05, 0.1) is 30.0 Å². The lowest BCUT2D eigenvalue weighted by Gasteiger charge is -1.92. The van der Waals surface area contributed by atoms with Gasteiger partial charge in [0.2, 0.25) is 0 Å². The predicted molar refractivity (Wildman–Crippen MR) is 48.6 cm³/mol. The van der Waals surface area contributed by atoms with E-state index in [0.717, 1.165) is 11.4 Å². The number of halogens is 1. The molecule has 0 saturated carbocycles. The summed E-state index contributed by atoms with van der Waals surface area (Å²) < 4.78 is 5.44. The maximum atomic E-state index is 5.58. The highest BCUT2D eigenvalue weighted by Gasteiger charge is 2.01. The van der Waals surface area contributed by atoms with E-state index < -0.39 is 0 Å². The van der Waals surface area contributed by atoms with Gasteiger partial charge in [0.25, 0.3) is 0 Å². The van der Waals surface area contributed by atoms with E-state index in [1.807, 2.05) is 5.38 Å². The normalized spacial score (nSPS) is 10.5. The summed E-state index contributed by atoms with van der Waals surface area (Å²) in [6.45, 7) is 0.598. The predicted octanol–water partition coefficient (Wildman–Crippen LogP) is 0.917. The molecule has 2 aromatic heterocycles. The number of rotatable bonds is 3. The Morgan fingerprint density at radius 3 is 2.92 bits per heavy atom. The molecule has 0 aliphatic rings. The monoisotopic (exact) mass is 215 g/mol. The quantitative estimate of drug-likeness (QED) is 0.715. The van der Waals surface area contributed by atoms with Gasteiger partial charge < -0.3 is 0 Å². The van der Waals surface area contributed by atoms with Gasteiger partial charge in [0.15, 0.2) is 0 Å². The minimum Gasteiger partial charge on any atom is -0.246 e. The molecule has 0 radical (unpaired) electrons. The van der Waals surface area contributed by atoms with E-state index in [0.29, 0.717) is 12.4 Å². The fourth-order valence-corrected chi connectivity index (χ4v) is 1.46.